The van der Waals surface area contributed by atoms with Gasteiger partial charge in [-0.1, -0.05) is 28.1 Å². The van der Waals surface area contributed by atoms with Gasteiger partial charge in [0.2, 0.25) is 5.91 Å². The fourth-order valence-corrected chi connectivity index (χ4v) is 4.33. The molecule has 3 rings (SSSR count). The molecule has 0 saturated heterocycles. The van der Waals surface area contributed by atoms with E-state index in [0.717, 1.165) is 15.6 Å². The Labute approximate surface area is 150 Å². The van der Waals surface area contributed by atoms with E-state index in [2.05, 4.69) is 15.9 Å². The number of halogens is 1. The van der Waals surface area contributed by atoms with Gasteiger partial charge in [0.25, 0.3) is 0 Å². The highest BCUT2D eigenvalue weighted by Crippen LogP contribution is 2.36. The number of carbonyl (C=O) groups excluding carboxylic acids is 1. The van der Waals surface area contributed by atoms with Crippen molar-refractivity contribution >= 4 is 32.6 Å². The van der Waals surface area contributed by atoms with E-state index in [9.17, 15) is 9.00 Å². The molecule has 0 saturated carbocycles. The second-order valence-corrected chi connectivity index (χ2v) is 7.69. The molecule has 0 radical (unpaired) electrons. The standard InChI is InChI=1S/C17H16BrNO4S/c18-14-8-16-15(22-4-5-23-16)7-13(14)10-24(21)9-11-2-1-3-12(6-11)17(19)20/h1-3,6-8H,4-5,9-10H2,(H2,19,20). The highest BCUT2D eigenvalue weighted by atomic mass is 79.9. The van der Waals surface area contributed by atoms with Gasteiger partial charge in [0, 0.05) is 26.6 Å². The number of carbonyl (C=O) groups is 1. The summed E-state index contributed by atoms with van der Waals surface area (Å²) in [5.74, 6) is 1.60. The lowest BCUT2D eigenvalue weighted by molar-refractivity contribution is 0.1000. The van der Waals surface area contributed by atoms with E-state index in [1.54, 1.807) is 18.2 Å². The van der Waals surface area contributed by atoms with Crippen LogP contribution in [0.5, 0.6) is 11.5 Å². The third kappa shape index (κ3) is 3.96. The molecule has 0 spiro atoms. The molecule has 2 aromatic rings. The predicted octanol–water partition coefficient (Wildman–Crippen LogP) is 2.77. The van der Waals surface area contributed by atoms with E-state index in [1.807, 2.05) is 18.2 Å². The second kappa shape index (κ2) is 7.36. The average molecular weight is 410 g/mol. The van der Waals surface area contributed by atoms with Crippen molar-refractivity contribution in [1.82, 2.24) is 0 Å². The maximum absolute atomic E-state index is 12.5. The molecular formula is C17H16BrNO4S. The van der Waals surface area contributed by atoms with Gasteiger partial charge in [0.15, 0.2) is 11.5 Å². The van der Waals surface area contributed by atoms with Crippen LogP contribution in [0.25, 0.3) is 0 Å². The summed E-state index contributed by atoms with van der Waals surface area (Å²) < 4.78 is 24.4. The van der Waals surface area contributed by atoms with Gasteiger partial charge in [-0.05, 0) is 35.4 Å². The summed E-state index contributed by atoms with van der Waals surface area (Å²) in [6, 6.07) is 10.6. The molecule has 0 bridgehead atoms. The summed E-state index contributed by atoms with van der Waals surface area (Å²) in [5, 5.41) is 0. The molecule has 1 heterocycles. The van der Waals surface area contributed by atoms with Gasteiger partial charge in [-0.25, -0.2) is 0 Å². The Bertz CT molecular complexity index is 809. The van der Waals surface area contributed by atoms with Crippen LogP contribution in [0, 0.1) is 0 Å². The molecule has 0 aromatic heterocycles. The topological polar surface area (TPSA) is 78.6 Å². The lowest BCUT2D eigenvalue weighted by atomic mass is 10.1. The zero-order valence-corrected chi connectivity index (χ0v) is 15.2. The van der Waals surface area contributed by atoms with Gasteiger partial charge in [-0.15, -0.1) is 0 Å². The molecule has 1 amide bonds. The summed E-state index contributed by atoms with van der Waals surface area (Å²) in [6.07, 6.45) is 0. The number of nitrogens with two attached hydrogens (primary N) is 1. The first-order valence-electron chi connectivity index (χ1n) is 7.34. The highest BCUT2D eigenvalue weighted by molar-refractivity contribution is 9.10. The zero-order chi connectivity index (χ0) is 17.1. The average Bonchev–Trinajstić information content (AvgIpc) is 2.55. The number of ether oxygens (including phenoxy) is 2. The van der Waals surface area contributed by atoms with Crippen LogP contribution in [0.2, 0.25) is 0 Å². The number of benzene rings is 2. The molecule has 24 heavy (non-hydrogen) atoms. The first-order valence-corrected chi connectivity index (χ1v) is 9.63. The molecular weight excluding hydrogens is 394 g/mol. The van der Waals surface area contributed by atoms with Crippen molar-refractivity contribution in [2.45, 2.75) is 11.5 Å². The molecule has 1 aliphatic heterocycles. The molecule has 1 aliphatic rings. The normalized spacial score (nSPS) is 14.2. The zero-order valence-electron chi connectivity index (χ0n) is 12.8. The first-order chi connectivity index (χ1) is 11.5. The monoisotopic (exact) mass is 409 g/mol. The van der Waals surface area contributed by atoms with Crippen LogP contribution in [0.15, 0.2) is 40.9 Å². The van der Waals surface area contributed by atoms with Crippen molar-refractivity contribution in [2.75, 3.05) is 13.2 Å². The summed E-state index contributed by atoms with van der Waals surface area (Å²) in [4.78, 5) is 11.2. The minimum Gasteiger partial charge on any atom is -0.486 e. The van der Waals surface area contributed by atoms with Crippen LogP contribution in [0.4, 0.5) is 0 Å². The largest absolute Gasteiger partial charge is 0.486 e. The third-order valence-corrected chi connectivity index (χ3v) is 5.59. The Morgan fingerprint density at radius 3 is 2.54 bits per heavy atom. The molecule has 2 N–H and O–H groups in total. The molecule has 1 unspecified atom stereocenters. The van der Waals surface area contributed by atoms with E-state index in [-0.39, 0.29) is 0 Å². The summed E-state index contributed by atoms with van der Waals surface area (Å²) in [6.45, 7) is 1.04. The Hall–Kier alpha value is -1.86. The maximum atomic E-state index is 12.5. The van der Waals surface area contributed by atoms with Crippen LogP contribution < -0.4 is 15.2 Å². The smallest absolute Gasteiger partial charge is 0.248 e. The fourth-order valence-electron chi connectivity index (χ4n) is 2.44. The molecule has 126 valence electrons. The van der Waals surface area contributed by atoms with Crippen LogP contribution in [-0.2, 0) is 22.3 Å². The van der Waals surface area contributed by atoms with Crippen LogP contribution in [0.3, 0.4) is 0 Å². The van der Waals surface area contributed by atoms with Gasteiger partial charge < -0.3 is 15.2 Å². The van der Waals surface area contributed by atoms with Crippen molar-refractivity contribution in [3.05, 3.63) is 57.6 Å². The maximum Gasteiger partial charge on any atom is 0.248 e. The van der Waals surface area contributed by atoms with E-state index in [1.165, 1.54) is 0 Å². The molecule has 0 aliphatic carbocycles. The van der Waals surface area contributed by atoms with Gasteiger partial charge in [-0.2, -0.15) is 0 Å². The summed E-state index contributed by atoms with van der Waals surface area (Å²) in [7, 11) is -1.13. The van der Waals surface area contributed by atoms with Gasteiger partial charge in [-0.3, -0.25) is 9.00 Å². The quantitative estimate of drug-likeness (QED) is 0.823. The van der Waals surface area contributed by atoms with Crippen LogP contribution >= 0.6 is 15.9 Å². The lowest BCUT2D eigenvalue weighted by Crippen LogP contribution is -2.15. The van der Waals surface area contributed by atoms with Crippen molar-refractivity contribution in [1.29, 1.82) is 0 Å². The SMILES string of the molecule is NC(=O)c1cccc(CS(=O)Cc2cc3c(cc2Br)OCCO3)c1. The fraction of sp³-hybridized carbons (Fsp3) is 0.235. The van der Waals surface area contributed by atoms with E-state index in [4.69, 9.17) is 15.2 Å². The third-order valence-electron chi connectivity index (χ3n) is 3.57. The van der Waals surface area contributed by atoms with Gasteiger partial charge >= 0.3 is 0 Å². The van der Waals surface area contributed by atoms with Crippen molar-refractivity contribution in [3.8, 4) is 11.5 Å². The van der Waals surface area contributed by atoms with Crippen molar-refractivity contribution in [2.24, 2.45) is 5.73 Å². The molecule has 2 aromatic carbocycles. The van der Waals surface area contributed by atoms with Gasteiger partial charge in [0.05, 0.1) is 5.75 Å². The molecule has 7 heteroatoms. The molecule has 0 fully saturated rings. The van der Waals surface area contributed by atoms with E-state index >= 15 is 0 Å². The minimum atomic E-state index is -1.13. The number of primary amides is 1. The van der Waals surface area contributed by atoms with Crippen molar-refractivity contribution in [3.63, 3.8) is 0 Å². The number of hydrogen-bond donors (Lipinski definition) is 1. The first kappa shape index (κ1) is 17.0. The number of amides is 1. The predicted molar refractivity (Wildman–Crippen MR) is 95.6 cm³/mol. The second-order valence-electron chi connectivity index (χ2n) is 5.38. The summed E-state index contributed by atoms with van der Waals surface area (Å²) >= 11 is 3.49. The Balaban J connectivity index is 1.73. The van der Waals surface area contributed by atoms with Crippen molar-refractivity contribution < 1.29 is 18.5 Å². The van der Waals surface area contributed by atoms with Crippen LogP contribution in [-0.4, -0.2) is 23.3 Å². The van der Waals surface area contributed by atoms with E-state index < -0.39 is 16.7 Å². The highest BCUT2D eigenvalue weighted by Gasteiger charge is 2.16. The summed E-state index contributed by atoms with van der Waals surface area (Å²) in [5.41, 5.74) is 7.41. The number of fused-ring (bicyclic) bond motifs is 1. The Morgan fingerprint density at radius 2 is 1.83 bits per heavy atom. The Kier molecular flexibility index (Phi) is 5.20. The minimum absolute atomic E-state index is 0.349. The van der Waals surface area contributed by atoms with Gasteiger partial charge in [0.1, 0.15) is 13.2 Å². The number of rotatable bonds is 5. The number of hydrogen-bond acceptors (Lipinski definition) is 4. The molecule has 1 atom stereocenters. The van der Waals surface area contributed by atoms with E-state index in [0.29, 0.717) is 41.8 Å². The Morgan fingerprint density at radius 1 is 1.12 bits per heavy atom. The van der Waals surface area contributed by atoms with Crippen LogP contribution in [0.1, 0.15) is 21.5 Å². The lowest BCUT2D eigenvalue weighted by Gasteiger charge is -2.19. The molecule has 5 nitrogen and oxygen atoms in total.